The number of nitriles is 1. The third-order valence-corrected chi connectivity index (χ3v) is 4.52. The number of ether oxygens (including phenoxy) is 1. The van der Waals surface area contributed by atoms with Crippen LogP contribution in [0, 0.1) is 11.3 Å². The summed E-state index contributed by atoms with van der Waals surface area (Å²) in [5.41, 5.74) is -4.77. The Morgan fingerprint density at radius 1 is 1.29 bits per heavy atom. The van der Waals surface area contributed by atoms with Gasteiger partial charge in [-0.2, -0.15) is 23.5 Å². The minimum Gasteiger partial charge on any atom is -0.449 e. The fraction of sp³-hybridized carbons (Fsp3) is 0.286. The monoisotopic (exact) mass is 499 g/mol. The Balaban J connectivity index is 2.52. The number of allylic oxidation sites excluding steroid dienone is 1. The highest BCUT2D eigenvalue weighted by molar-refractivity contribution is 6.30. The molecule has 1 heterocycles. The van der Waals surface area contributed by atoms with Crippen LogP contribution in [0.5, 0.6) is 5.75 Å². The lowest BCUT2D eigenvalue weighted by atomic mass is 10.1. The van der Waals surface area contributed by atoms with Gasteiger partial charge in [-0.05, 0) is 44.8 Å². The van der Waals surface area contributed by atoms with Crippen molar-refractivity contribution in [1.29, 1.82) is 5.26 Å². The van der Waals surface area contributed by atoms with E-state index in [1.807, 2.05) is 0 Å². The van der Waals surface area contributed by atoms with Crippen molar-refractivity contribution in [2.24, 2.45) is 4.99 Å². The minimum atomic E-state index is -5.14. The van der Waals surface area contributed by atoms with E-state index in [-0.39, 0.29) is 27.6 Å². The molecule has 0 fully saturated rings. The van der Waals surface area contributed by atoms with Crippen LogP contribution < -0.4 is 10.3 Å². The number of carbonyl (C=O) groups is 1. The first-order valence-corrected chi connectivity index (χ1v) is 9.75. The summed E-state index contributed by atoms with van der Waals surface area (Å²) < 4.78 is 60.1. The molecule has 0 aliphatic carbocycles. The summed E-state index contributed by atoms with van der Waals surface area (Å²) in [4.78, 5) is 28.7. The topological polar surface area (TPSA) is 111 Å². The molecule has 1 aromatic heterocycles. The van der Waals surface area contributed by atoms with E-state index in [0.717, 1.165) is 30.1 Å². The van der Waals surface area contributed by atoms with Gasteiger partial charge >= 0.3 is 6.18 Å². The number of alkyl halides is 4. The lowest BCUT2D eigenvalue weighted by molar-refractivity contribution is -0.131. The van der Waals surface area contributed by atoms with Gasteiger partial charge in [0.1, 0.15) is 11.4 Å². The molecule has 0 aliphatic heterocycles. The molecular weight excluding hydrogens is 482 g/mol. The van der Waals surface area contributed by atoms with Gasteiger partial charge in [-0.3, -0.25) is 14.6 Å². The van der Waals surface area contributed by atoms with E-state index in [1.54, 1.807) is 6.07 Å². The zero-order valence-electron chi connectivity index (χ0n) is 18.1. The predicted molar refractivity (Wildman–Crippen MR) is 115 cm³/mol. The molecule has 180 valence electrons. The summed E-state index contributed by atoms with van der Waals surface area (Å²) in [7, 11) is 1.10. The summed E-state index contributed by atoms with van der Waals surface area (Å²) in [6, 6.07) is 6.25. The first kappa shape index (κ1) is 26.5. The van der Waals surface area contributed by atoms with Crippen molar-refractivity contribution >= 4 is 24.2 Å². The van der Waals surface area contributed by atoms with E-state index in [2.05, 4.69) is 21.9 Å². The highest BCUT2D eigenvalue weighted by Crippen LogP contribution is 2.32. The van der Waals surface area contributed by atoms with Gasteiger partial charge in [-0.1, -0.05) is 11.6 Å². The van der Waals surface area contributed by atoms with Gasteiger partial charge in [-0.25, -0.2) is 9.49 Å². The molecule has 0 radical (unpaired) electrons. The number of likely N-dealkylation sites (N-methyl/N-ethyl adjacent to an activating group) is 1. The summed E-state index contributed by atoms with van der Waals surface area (Å²) in [6.07, 6.45) is -5.14. The number of amides is 1. The molecule has 0 saturated carbocycles. The van der Waals surface area contributed by atoms with Gasteiger partial charge in [0.15, 0.2) is 5.70 Å². The van der Waals surface area contributed by atoms with Gasteiger partial charge in [-0.15, -0.1) is 0 Å². The summed E-state index contributed by atoms with van der Waals surface area (Å²) in [5.74, 6) is -2.93. The molecule has 0 saturated heterocycles. The first-order chi connectivity index (χ1) is 15.7. The number of benzene rings is 1. The quantitative estimate of drug-likeness (QED) is 0.268. The van der Waals surface area contributed by atoms with Crippen LogP contribution in [-0.4, -0.2) is 40.9 Å². The van der Waals surface area contributed by atoms with Gasteiger partial charge in [0.2, 0.25) is 5.76 Å². The molecule has 13 heteroatoms. The SMILES string of the molecule is C=N/C(=C(/Oc1cc(Cl)cc(C#N)c1)C(=O)N(C)Cc1cc(C(C)(C)F)n[nH]c1=O)C(F)(F)F. The second-order valence-electron chi connectivity index (χ2n) is 7.46. The van der Waals surface area contributed by atoms with Crippen molar-refractivity contribution in [3.8, 4) is 11.8 Å². The Kier molecular flexibility index (Phi) is 7.84. The van der Waals surface area contributed by atoms with Gasteiger partial charge in [0, 0.05) is 17.6 Å². The Morgan fingerprint density at radius 2 is 1.94 bits per heavy atom. The average Bonchev–Trinajstić information content (AvgIpc) is 2.72. The molecule has 2 aromatic rings. The minimum absolute atomic E-state index is 0.0287. The second-order valence-corrected chi connectivity index (χ2v) is 7.90. The number of halogens is 5. The van der Waals surface area contributed by atoms with Crippen LogP contribution in [0.15, 0.2) is 45.5 Å². The number of nitrogens with zero attached hydrogens (tertiary/aromatic N) is 4. The van der Waals surface area contributed by atoms with Crippen LogP contribution >= 0.6 is 11.6 Å². The third kappa shape index (κ3) is 6.41. The van der Waals surface area contributed by atoms with Crippen LogP contribution in [0.3, 0.4) is 0 Å². The Hall–Kier alpha value is -3.72. The normalized spacial score (nSPS) is 12.4. The Morgan fingerprint density at radius 3 is 2.47 bits per heavy atom. The zero-order chi connectivity index (χ0) is 25.8. The summed E-state index contributed by atoms with van der Waals surface area (Å²) in [6.45, 7) is 4.71. The van der Waals surface area contributed by atoms with Gasteiger partial charge < -0.3 is 9.64 Å². The maximum atomic E-state index is 14.2. The highest BCUT2D eigenvalue weighted by Gasteiger charge is 2.40. The fourth-order valence-corrected chi connectivity index (χ4v) is 2.88. The molecule has 0 unspecified atom stereocenters. The van der Waals surface area contributed by atoms with Crippen LogP contribution in [0.2, 0.25) is 5.02 Å². The van der Waals surface area contributed by atoms with E-state index in [4.69, 9.17) is 21.6 Å². The standard InChI is InChI=1S/C21H18ClF4N5O3/c1-20(2,23)15-7-12(18(32)30-29-15)10-31(4)19(33)16(17(28-3)21(24,25)26)34-14-6-11(9-27)5-13(22)8-14/h5-8H,3,10H2,1-2,4H3,(H,30,32)/b17-16+. The van der Waals surface area contributed by atoms with Crippen LogP contribution in [0.25, 0.3) is 0 Å². The van der Waals surface area contributed by atoms with Crippen LogP contribution in [0.1, 0.15) is 30.7 Å². The number of hydrogen-bond donors (Lipinski definition) is 1. The van der Waals surface area contributed by atoms with E-state index in [1.165, 1.54) is 19.9 Å². The molecular formula is C21H18ClF4N5O3. The van der Waals surface area contributed by atoms with Crippen molar-refractivity contribution in [1.82, 2.24) is 15.1 Å². The van der Waals surface area contributed by atoms with Gasteiger partial charge in [0.05, 0.1) is 23.9 Å². The molecule has 8 nitrogen and oxygen atoms in total. The number of carbonyl (C=O) groups excluding carboxylic acids is 1. The molecule has 1 aromatic carbocycles. The fourth-order valence-electron chi connectivity index (χ4n) is 2.66. The number of aromatic nitrogens is 2. The predicted octanol–water partition coefficient (Wildman–Crippen LogP) is 4.01. The van der Waals surface area contributed by atoms with Crippen LogP contribution in [0.4, 0.5) is 17.6 Å². The molecule has 2 rings (SSSR count). The molecule has 0 spiro atoms. The van der Waals surface area contributed by atoms with E-state index >= 15 is 0 Å². The van der Waals surface area contributed by atoms with Crippen molar-refractivity contribution in [2.75, 3.05) is 7.05 Å². The second kappa shape index (κ2) is 10.0. The Bertz CT molecular complexity index is 1240. The van der Waals surface area contributed by atoms with Crippen molar-refractivity contribution < 1.29 is 27.1 Å². The number of rotatable bonds is 7. The van der Waals surface area contributed by atoms with Gasteiger partial charge in [0.25, 0.3) is 11.5 Å². The average molecular weight is 500 g/mol. The number of hydrogen-bond acceptors (Lipinski definition) is 6. The van der Waals surface area contributed by atoms with Crippen molar-refractivity contribution in [2.45, 2.75) is 32.2 Å². The molecule has 34 heavy (non-hydrogen) atoms. The van der Waals surface area contributed by atoms with Crippen molar-refractivity contribution in [3.05, 3.63) is 67.9 Å². The van der Waals surface area contributed by atoms with E-state index in [0.29, 0.717) is 0 Å². The first-order valence-electron chi connectivity index (χ1n) is 9.37. The number of aromatic amines is 1. The number of aliphatic imine (C=N–C) groups is 1. The van der Waals surface area contributed by atoms with E-state index in [9.17, 15) is 27.2 Å². The summed E-state index contributed by atoms with van der Waals surface area (Å²) in [5, 5.41) is 14.7. The number of H-pyrrole nitrogens is 1. The maximum Gasteiger partial charge on any atom is 0.437 e. The maximum absolute atomic E-state index is 14.2. The molecule has 0 bridgehead atoms. The Labute approximate surface area is 196 Å². The number of nitrogens with one attached hydrogen (secondary N) is 1. The molecule has 0 atom stereocenters. The molecule has 1 amide bonds. The van der Waals surface area contributed by atoms with E-state index < -0.39 is 41.3 Å². The highest BCUT2D eigenvalue weighted by atomic mass is 35.5. The smallest absolute Gasteiger partial charge is 0.437 e. The zero-order valence-corrected chi connectivity index (χ0v) is 18.9. The van der Waals surface area contributed by atoms with Crippen molar-refractivity contribution in [3.63, 3.8) is 0 Å². The lowest BCUT2D eigenvalue weighted by Gasteiger charge is -2.22. The molecule has 1 N–H and O–H groups in total. The summed E-state index contributed by atoms with van der Waals surface area (Å²) >= 11 is 5.86. The van der Waals surface area contributed by atoms with Crippen LogP contribution in [-0.2, 0) is 17.0 Å². The third-order valence-electron chi connectivity index (χ3n) is 4.30. The molecule has 0 aliphatic rings. The lowest BCUT2D eigenvalue weighted by Crippen LogP contribution is -2.34. The largest absolute Gasteiger partial charge is 0.449 e.